The van der Waals surface area contributed by atoms with Crippen molar-refractivity contribution in [2.24, 2.45) is 0 Å². The Morgan fingerprint density at radius 1 is 0.926 bits per heavy atom. The van der Waals surface area contributed by atoms with Gasteiger partial charge in [0.05, 0.1) is 11.6 Å². The van der Waals surface area contributed by atoms with Crippen LogP contribution in [-0.2, 0) is 10.1 Å². The number of hydrogen-bond donors (Lipinski definition) is 0. The van der Waals surface area contributed by atoms with Crippen molar-refractivity contribution in [3.8, 4) is 22.9 Å². The van der Waals surface area contributed by atoms with E-state index in [1.807, 2.05) is 6.07 Å². The predicted molar refractivity (Wildman–Crippen MR) is 89.7 cm³/mol. The van der Waals surface area contributed by atoms with Crippen molar-refractivity contribution in [3.05, 3.63) is 66.0 Å². The number of rotatable bonds is 3. The van der Waals surface area contributed by atoms with E-state index >= 15 is 0 Å². The molecule has 0 bridgehead atoms. The highest BCUT2D eigenvalue weighted by atomic mass is 32.2. The van der Waals surface area contributed by atoms with Crippen LogP contribution in [0.1, 0.15) is 5.56 Å². The molecular weight excluding hydrogens is 386 g/mol. The highest BCUT2D eigenvalue weighted by Gasteiger charge is 2.48. The number of nitrogens with zero attached hydrogens (tertiary/aromatic N) is 1. The number of halogens is 4. The second-order valence-electron chi connectivity index (χ2n) is 5.51. The van der Waals surface area contributed by atoms with E-state index in [1.165, 1.54) is 24.3 Å². The molecular formula is C18H9F4NO3S. The molecule has 0 heterocycles. The quantitative estimate of drug-likeness (QED) is 0.365. The molecule has 4 nitrogen and oxygen atoms in total. The largest absolute Gasteiger partial charge is 0.534 e. The second kappa shape index (κ2) is 6.55. The zero-order chi connectivity index (χ0) is 19.8. The summed E-state index contributed by atoms with van der Waals surface area (Å²) in [5, 5.41) is 10.1. The summed E-state index contributed by atoms with van der Waals surface area (Å²) in [6, 6.07) is 14.0. The molecule has 138 valence electrons. The number of fused-ring (bicyclic) bond motifs is 1. The fourth-order valence-corrected chi connectivity index (χ4v) is 2.93. The third kappa shape index (κ3) is 3.71. The Kier molecular flexibility index (Phi) is 4.53. The zero-order valence-corrected chi connectivity index (χ0v) is 14.1. The van der Waals surface area contributed by atoms with Gasteiger partial charge in [0.1, 0.15) is 11.6 Å². The van der Waals surface area contributed by atoms with Crippen LogP contribution in [0.25, 0.3) is 21.9 Å². The summed E-state index contributed by atoms with van der Waals surface area (Å²) in [6.45, 7) is 0. The molecule has 0 saturated carbocycles. The van der Waals surface area contributed by atoms with Crippen LogP contribution < -0.4 is 4.18 Å². The van der Waals surface area contributed by atoms with Crippen molar-refractivity contribution in [1.82, 2.24) is 0 Å². The van der Waals surface area contributed by atoms with Gasteiger partial charge in [-0.25, -0.2) is 4.39 Å². The van der Waals surface area contributed by atoms with Crippen LogP contribution in [-0.4, -0.2) is 13.9 Å². The van der Waals surface area contributed by atoms with Crippen LogP contribution >= 0.6 is 0 Å². The average Bonchev–Trinajstić information content (AvgIpc) is 2.60. The monoisotopic (exact) mass is 395 g/mol. The Hall–Kier alpha value is -3.12. The lowest BCUT2D eigenvalue weighted by Crippen LogP contribution is -2.28. The molecule has 0 saturated heterocycles. The number of benzene rings is 3. The summed E-state index contributed by atoms with van der Waals surface area (Å²) < 4.78 is 76.8. The van der Waals surface area contributed by atoms with Gasteiger partial charge in [0.25, 0.3) is 0 Å². The first-order valence-electron chi connectivity index (χ1n) is 7.35. The zero-order valence-electron chi connectivity index (χ0n) is 13.3. The molecule has 0 aliphatic rings. The maximum Gasteiger partial charge on any atom is 0.534 e. The van der Waals surface area contributed by atoms with E-state index < -0.39 is 27.2 Å². The van der Waals surface area contributed by atoms with Crippen molar-refractivity contribution in [2.75, 3.05) is 0 Å². The van der Waals surface area contributed by atoms with E-state index in [1.54, 1.807) is 12.1 Å². The minimum absolute atomic E-state index is 0.130. The summed E-state index contributed by atoms with van der Waals surface area (Å²) in [5.74, 6) is -1.03. The lowest BCUT2D eigenvalue weighted by Gasteiger charge is -2.11. The van der Waals surface area contributed by atoms with Gasteiger partial charge >= 0.3 is 15.6 Å². The molecule has 27 heavy (non-hydrogen) atoms. The Balaban J connectivity index is 2.01. The normalized spacial score (nSPS) is 12.0. The molecule has 0 aliphatic heterocycles. The molecule has 0 aromatic heterocycles. The standard InChI is InChI=1S/C18H9F4NO3S/c19-15-4-6-17(14(8-15)10-23)13-2-1-12-9-16(5-3-11(12)7-13)26-27(24,25)18(20,21)22/h1-9H. The summed E-state index contributed by atoms with van der Waals surface area (Å²) in [4.78, 5) is 0. The number of nitriles is 1. The first-order chi connectivity index (χ1) is 12.6. The van der Waals surface area contributed by atoms with Gasteiger partial charge in [-0.1, -0.05) is 24.3 Å². The lowest BCUT2D eigenvalue weighted by molar-refractivity contribution is -0.0500. The van der Waals surface area contributed by atoms with Crippen molar-refractivity contribution < 1.29 is 30.2 Å². The molecule has 3 aromatic carbocycles. The molecule has 3 aromatic rings. The van der Waals surface area contributed by atoms with Crippen molar-refractivity contribution >= 4 is 20.9 Å². The average molecular weight is 395 g/mol. The fraction of sp³-hybridized carbons (Fsp3) is 0.0556. The first-order valence-corrected chi connectivity index (χ1v) is 8.76. The van der Waals surface area contributed by atoms with Crippen LogP contribution in [0, 0.1) is 17.1 Å². The molecule has 3 rings (SSSR count). The minimum atomic E-state index is -5.76. The third-order valence-corrected chi connectivity index (χ3v) is 4.69. The molecule has 0 amide bonds. The smallest absolute Gasteiger partial charge is 0.376 e. The summed E-state index contributed by atoms with van der Waals surface area (Å²) in [5.41, 5.74) is -4.32. The lowest BCUT2D eigenvalue weighted by atomic mass is 9.97. The second-order valence-corrected chi connectivity index (χ2v) is 7.05. The van der Waals surface area contributed by atoms with Crippen LogP contribution in [0.4, 0.5) is 17.6 Å². The van der Waals surface area contributed by atoms with Gasteiger partial charge in [-0.05, 0) is 52.2 Å². The van der Waals surface area contributed by atoms with Gasteiger partial charge in [0, 0.05) is 0 Å². The van der Waals surface area contributed by atoms with E-state index in [9.17, 15) is 26.0 Å². The van der Waals surface area contributed by atoms with E-state index in [2.05, 4.69) is 4.18 Å². The van der Waals surface area contributed by atoms with Crippen LogP contribution in [0.15, 0.2) is 54.6 Å². The van der Waals surface area contributed by atoms with Crippen LogP contribution in [0.2, 0.25) is 0 Å². The molecule has 9 heteroatoms. The molecule has 0 atom stereocenters. The van der Waals surface area contributed by atoms with E-state index in [0.29, 0.717) is 21.9 Å². The molecule has 0 aliphatic carbocycles. The number of alkyl halides is 3. The van der Waals surface area contributed by atoms with Crippen molar-refractivity contribution in [1.29, 1.82) is 5.26 Å². The summed E-state index contributed by atoms with van der Waals surface area (Å²) in [7, 11) is -5.76. The highest BCUT2D eigenvalue weighted by Crippen LogP contribution is 2.31. The van der Waals surface area contributed by atoms with Gasteiger partial charge in [-0.3, -0.25) is 0 Å². The predicted octanol–water partition coefficient (Wildman–Crippen LogP) is 4.75. The van der Waals surface area contributed by atoms with Gasteiger partial charge < -0.3 is 4.18 Å². The number of hydrogen-bond acceptors (Lipinski definition) is 4. The fourth-order valence-electron chi connectivity index (χ4n) is 2.48. The molecule has 0 N–H and O–H groups in total. The van der Waals surface area contributed by atoms with Crippen molar-refractivity contribution in [2.45, 2.75) is 5.51 Å². The third-order valence-electron chi connectivity index (χ3n) is 3.71. The van der Waals surface area contributed by atoms with Crippen LogP contribution in [0.3, 0.4) is 0 Å². The van der Waals surface area contributed by atoms with E-state index in [4.69, 9.17) is 5.26 Å². The maximum absolute atomic E-state index is 13.3. The van der Waals surface area contributed by atoms with E-state index in [0.717, 1.165) is 18.2 Å². The minimum Gasteiger partial charge on any atom is -0.376 e. The van der Waals surface area contributed by atoms with Gasteiger partial charge in [-0.2, -0.15) is 26.9 Å². The van der Waals surface area contributed by atoms with E-state index in [-0.39, 0.29) is 5.56 Å². The molecule has 0 unspecified atom stereocenters. The Bertz CT molecular complexity index is 1180. The Labute approximate surface area is 151 Å². The van der Waals surface area contributed by atoms with Gasteiger partial charge in [0.2, 0.25) is 0 Å². The van der Waals surface area contributed by atoms with Gasteiger partial charge in [-0.15, -0.1) is 0 Å². The molecule has 0 spiro atoms. The highest BCUT2D eigenvalue weighted by molar-refractivity contribution is 7.88. The van der Waals surface area contributed by atoms with Crippen LogP contribution in [0.5, 0.6) is 5.75 Å². The Morgan fingerprint density at radius 3 is 2.26 bits per heavy atom. The molecule has 0 radical (unpaired) electrons. The first kappa shape index (κ1) is 18.7. The summed E-state index contributed by atoms with van der Waals surface area (Å²) in [6.07, 6.45) is 0. The topological polar surface area (TPSA) is 67.2 Å². The van der Waals surface area contributed by atoms with Crippen molar-refractivity contribution in [3.63, 3.8) is 0 Å². The maximum atomic E-state index is 13.3. The SMILES string of the molecule is N#Cc1cc(F)ccc1-c1ccc2cc(OS(=O)(=O)C(F)(F)F)ccc2c1. The summed E-state index contributed by atoms with van der Waals surface area (Å²) >= 11 is 0. The molecule has 0 fully saturated rings. The Morgan fingerprint density at radius 2 is 1.59 bits per heavy atom. The van der Waals surface area contributed by atoms with Gasteiger partial charge in [0.15, 0.2) is 0 Å².